The molecular weight excluding hydrogens is 338 g/mol. The monoisotopic (exact) mass is 355 g/mol. The highest BCUT2D eigenvalue weighted by Gasteiger charge is 2.08. The Hall–Kier alpha value is -3.80. The molecule has 0 saturated heterocycles. The predicted molar refractivity (Wildman–Crippen MR) is 102 cm³/mol. The van der Waals surface area contributed by atoms with E-state index in [1.54, 1.807) is 35.5 Å². The molecule has 6 heteroatoms. The Morgan fingerprint density at radius 3 is 2.78 bits per heavy atom. The Balaban J connectivity index is 1.46. The Labute approximate surface area is 156 Å². The predicted octanol–water partition coefficient (Wildman–Crippen LogP) is 3.26. The first kappa shape index (κ1) is 16.7. The van der Waals surface area contributed by atoms with Gasteiger partial charge in [0.05, 0.1) is 11.4 Å². The molecule has 0 radical (unpaired) electrons. The van der Waals surface area contributed by atoms with Crippen molar-refractivity contribution in [1.29, 1.82) is 0 Å². The van der Waals surface area contributed by atoms with Gasteiger partial charge in [0.25, 0.3) is 5.91 Å². The van der Waals surface area contributed by atoms with Crippen molar-refractivity contribution < 1.29 is 4.79 Å². The molecule has 0 bridgehead atoms. The Kier molecular flexibility index (Phi) is 4.70. The normalized spacial score (nSPS) is 10.5. The zero-order valence-electron chi connectivity index (χ0n) is 14.5. The minimum atomic E-state index is -0.135. The number of rotatable bonds is 5. The molecule has 27 heavy (non-hydrogen) atoms. The van der Waals surface area contributed by atoms with E-state index >= 15 is 0 Å². The van der Waals surface area contributed by atoms with Crippen LogP contribution in [0.4, 0.5) is 0 Å². The molecule has 0 aliphatic heterocycles. The minimum absolute atomic E-state index is 0.135. The fraction of sp³-hybridized carbons (Fsp3) is 0.0476. The van der Waals surface area contributed by atoms with Crippen molar-refractivity contribution in [1.82, 2.24) is 25.1 Å². The third kappa shape index (κ3) is 3.90. The number of nitrogens with one attached hydrogen (secondary N) is 1. The van der Waals surface area contributed by atoms with Crippen LogP contribution in [0.3, 0.4) is 0 Å². The van der Waals surface area contributed by atoms with Crippen LogP contribution in [0.5, 0.6) is 0 Å². The molecule has 4 aromatic rings. The summed E-state index contributed by atoms with van der Waals surface area (Å²) in [7, 11) is 0. The molecule has 0 aliphatic rings. The molecule has 0 atom stereocenters. The van der Waals surface area contributed by atoms with E-state index in [2.05, 4.69) is 20.4 Å². The molecule has 3 heterocycles. The van der Waals surface area contributed by atoms with Crippen LogP contribution in [-0.4, -0.2) is 25.7 Å². The quantitative estimate of drug-likeness (QED) is 0.596. The van der Waals surface area contributed by atoms with Gasteiger partial charge in [-0.1, -0.05) is 6.07 Å². The summed E-state index contributed by atoms with van der Waals surface area (Å²) in [5.74, 6) is -0.135. The van der Waals surface area contributed by atoms with Crippen molar-refractivity contribution in [2.45, 2.75) is 6.54 Å². The summed E-state index contributed by atoms with van der Waals surface area (Å²) in [4.78, 5) is 21.0. The van der Waals surface area contributed by atoms with E-state index < -0.39 is 0 Å². The summed E-state index contributed by atoms with van der Waals surface area (Å²) in [6, 6.07) is 16.9. The van der Waals surface area contributed by atoms with E-state index in [1.807, 2.05) is 54.7 Å². The Morgan fingerprint density at radius 2 is 1.96 bits per heavy atom. The second kappa shape index (κ2) is 7.61. The second-order valence-corrected chi connectivity index (χ2v) is 5.97. The zero-order valence-corrected chi connectivity index (χ0v) is 14.5. The minimum Gasteiger partial charge on any atom is -0.348 e. The average Bonchev–Trinajstić information content (AvgIpc) is 3.28. The summed E-state index contributed by atoms with van der Waals surface area (Å²) in [6.07, 6.45) is 8.78. The van der Waals surface area contributed by atoms with Crippen molar-refractivity contribution in [3.63, 3.8) is 0 Å². The SMILES string of the molecule is O=C(NCc1ccnc(-c2cccnc2)c1)c1cccc(-n2cccn2)c1. The van der Waals surface area contributed by atoms with Gasteiger partial charge in [-0.3, -0.25) is 14.8 Å². The van der Waals surface area contributed by atoms with Gasteiger partial charge in [-0.15, -0.1) is 0 Å². The standard InChI is InChI=1S/C21H17N5O/c27-21(17-4-1-6-19(13-17)26-11-3-9-25-26)24-14-16-7-10-23-20(12-16)18-5-2-8-22-15-18/h1-13,15H,14H2,(H,24,27). The van der Waals surface area contributed by atoms with Crippen LogP contribution >= 0.6 is 0 Å². The number of hydrogen-bond acceptors (Lipinski definition) is 4. The van der Waals surface area contributed by atoms with Gasteiger partial charge < -0.3 is 5.32 Å². The number of carbonyl (C=O) groups excluding carboxylic acids is 1. The van der Waals surface area contributed by atoms with E-state index in [4.69, 9.17) is 0 Å². The molecule has 1 aromatic carbocycles. The number of nitrogens with zero attached hydrogens (tertiary/aromatic N) is 4. The smallest absolute Gasteiger partial charge is 0.251 e. The van der Waals surface area contributed by atoms with Gasteiger partial charge in [0.2, 0.25) is 0 Å². The van der Waals surface area contributed by atoms with Crippen LogP contribution in [0.25, 0.3) is 16.9 Å². The van der Waals surface area contributed by atoms with Crippen LogP contribution < -0.4 is 5.32 Å². The molecular formula is C21H17N5O. The van der Waals surface area contributed by atoms with Gasteiger partial charge in [0, 0.05) is 48.7 Å². The fourth-order valence-corrected chi connectivity index (χ4v) is 2.75. The lowest BCUT2D eigenvalue weighted by atomic mass is 10.1. The van der Waals surface area contributed by atoms with Crippen molar-refractivity contribution >= 4 is 5.91 Å². The maximum Gasteiger partial charge on any atom is 0.251 e. The second-order valence-electron chi connectivity index (χ2n) is 5.97. The topological polar surface area (TPSA) is 72.7 Å². The summed E-state index contributed by atoms with van der Waals surface area (Å²) in [6.45, 7) is 0.417. The van der Waals surface area contributed by atoms with E-state index in [0.717, 1.165) is 22.5 Å². The summed E-state index contributed by atoms with van der Waals surface area (Å²) in [5, 5.41) is 7.15. The maximum absolute atomic E-state index is 12.5. The van der Waals surface area contributed by atoms with Gasteiger partial charge in [-0.25, -0.2) is 4.68 Å². The van der Waals surface area contributed by atoms with Crippen LogP contribution in [0.15, 0.2) is 85.6 Å². The van der Waals surface area contributed by atoms with E-state index in [9.17, 15) is 4.79 Å². The molecule has 132 valence electrons. The molecule has 0 saturated carbocycles. The van der Waals surface area contributed by atoms with Gasteiger partial charge in [0.15, 0.2) is 0 Å². The highest BCUT2D eigenvalue weighted by atomic mass is 16.1. The molecule has 0 aliphatic carbocycles. The highest BCUT2D eigenvalue weighted by molar-refractivity contribution is 5.94. The average molecular weight is 355 g/mol. The third-order valence-corrected chi connectivity index (χ3v) is 4.11. The molecule has 0 unspecified atom stereocenters. The molecule has 3 aromatic heterocycles. The van der Waals surface area contributed by atoms with E-state index in [0.29, 0.717) is 12.1 Å². The van der Waals surface area contributed by atoms with Crippen LogP contribution in [0, 0.1) is 0 Å². The number of hydrogen-bond donors (Lipinski definition) is 1. The summed E-state index contributed by atoms with van der Waals surface area (Å²) < 4.78 is 1.72. The first-order chi connectivity index (χ1) is 13.3. The lowest BCUT2D eigenvalue weighted by Gasteiger charge is -2.08. The van der Waals surface area contributed by atoms with Crippen molar-refractivity contribution in [3.05, 3.63) is 96.7 Å². The first-order valence-electron chi connectivity index (χ1n) is 8.53. The van der Waals surface area contributed by atoms with Gasteiger partial charge >= 0.3 is 0 Å². The number of pyridine rings is 2. The number of benzene rings is 1. The largest absolute Gasteiger partial charge is 0.348 e. The number of carbonyl (C=O) groups is 1. The first-order valence-corrected chi connectivity index (χ1v) is 8.53. The Morgan fingerprint density at radius 1 is 1.00 bits per heavy atom. The molecule has 0 fully saturated rings. The maximum atomic E-state index is 12.5. The Bertz CT molecular complexity index is 1050. The lowest BCUT2D eigenvalue weighted by molar-refractivity contribution is 0.0951. The molecule has 1 N–H and O–H groups in total. The van der Waals surface area contributed by atoms with Crippen molar-refractivity contribution in [2.24, 2.45) is 0 Å². The third-order valence-electron chi connectivity index (χ3n) is 4.11. The molecule has 4 rings (SSSR count). The van der Waals surface area contributed by atoms with Crippen molar-refractivity contribution in [3.8, 4) is 16.9 Å². The van der Waals surface area contributed by atoms with Crippen LogP contribution in [0.1, 0.15) is 15.9 Å². The van der Waals surface area contributed by atoms with Crippen LogP contribution in [-0.2, 0) is 6.54 Å². The van der Waals surface area contributed by atoms with Crippen molar-refractivity contribution in [2.75, 3.05) is 0 Å². The number of amides is 1. The zero-order chi connectivity index (χ0) is 18.5. The molecule has 0 spiro atoms. The number of aromatic nitrogens is 4. The molecule has 6 nitrogen and oxygen atoms in total. The highest BCUT2D eigenvalue weighted by Crippen LogP contribution is 2.16. The summed E-state index contributed by atoms with van der Waals surface area (Å²) in [5.41, 5.74) is 4.17. The fourth-order valence-electron chi connectivity index (χ4n) is 2.75. The van der Waals surface area contributed by atoms with E-state index in [1.165, 1.54) is 0 Å². The van der Waals surface area contributed by atoms with Gasteiger partial charge in [0.1, 0.15) is 0 Å². The lowest BCUT2D eigenvalue weighted by Crippen LogP contribution is -2.23. The summed E-state index contributed by atoms with van der Waals surface area (Å²) >= 11 is 0. The van der Waals surface area contributed by atoms with Crippen LogP contribution in [0.2, 0.25) is 0 Å². The van der Waals surface area contributed by atoms with E-state index in [-0.39, 0.29) is 5.91 Å². The van der Waals surface area contributed by atoms with Gasteiger partial charge in [-0.05, 0) is 54.1 Å². The van der Waals surface area contributed by atoms with Gasteiger partial charge in [-0.2, -0.15) is 5.10 Å². The molecule has 1 amide bonds.